The fourth-order valence-corrected chi connectivity index (χ4v) is 2.14. The highest BCUT2D eigenvalue weighted by atomic mass is 16.5. The molecule has 0 aromatic heterocycles. The molecule has 1 fully saturated rings. The van der Waals surface area contributed by atoms with Crippen molar-refractivity contribution in [3.63, 3.8) is 0 Å². The first-order valence-corrected chi connectivity index (χ1v) is 5.68. The molecular weight excluding hydrogens is 200 g/mol. The van der Waals surface area contributed by atoms with Gasteiger partial charge < -0.3 is 16.2 Å². The average Bonchev–Trinajstić information content (AvgIpc) is 3.01. The Kier molecular flexibility index (Phi) is 2.68. The zero-order chi connectivity index (χ0) is 11.9. The molecule has 0 heterocycles. The summed E-state index contributed by atoms with van der Waals surface area (Å²) in [4.78, 5) is 0. The maximum Gasteiger partial charge on any atom is 0.122 e. The second-order valence-electron chi connectivity index (χ2n) is 4.82. The first kappa shape index (κ1) is 11.4. The van der Waals surface area contributed by atoms with Gasteiger partial charge in [-0.1, -0.05) is 6.07 Å². The van der Waals surface area contributed by atoms with Crippen LogP contribution in [-0.4, -0.2) is 12.6 Å². The van der Waals surface area contributed by atoms with E-state index in [2.05, 4.69) is 13.8 Å². The van der Waals surface area contributed by atoms with E-state index in [9.17, 15) is 0 Å². The van der Waals surface area contributed by atoms with Gasteiger partial charge in [0.1, 0.15) is 5.75 Å². The van der Waals surface area contributed by atoms with Crippen LogP contribution in [0.15, 0.2) is 12.1 Å². The molecule has 88 valence electrons. The molecule has 0 aliphatic heterocycles. The Bertz CT molecular complexity index is 411. The molecule has 1 saturated carbocycles. The summed E-state index contributed by atoms with van der Waals surface area (Å²) in [5.41, 5.74) is 15.7. The van der Waals surface area contributed by atoms with Crippen LogP contribution in [0.2, 0.25) is 0 Å². The maximum atomic E-state index is 6.23. The van der Waals surface area contributed by atoms with Gasteiger partial charge in [0.05, 0.1) is 7.11 Å². The van der Waals surface area contributed by atoms with Crippen molar-refractivity contribution >= 4 is 0 Å². The lowest BCUT2D eigenvalue weighted by Crippen LogP contribution is -2.36. The van der Waals surface area contributed by atoms with E-state index in [0.717, 1.165) is 29.7 Å². The van der Waals surface area contributed by atoms with Crippen molar-refractivity contribution < 1.29 is 4.74 Å². The summed E-state index contributed by atoms with van der Waals surface area (Å²) in [6, 6.07) is 3.96. The van der Waals surface area contributed by atoms with Crippen LogP contribution >= 0.6 is 0 Å². The van der Waals surface area contributed by atoms with Crippen LogP contribution < -0.4 is 16.2 Å². The van der Waals surface area contributed by atoms with Crippen LogP contribution in [-0.2, 0) is 0 Å². The summed E-state index contributed by atoms with van der Waals surface area (Å²) in [7, 11) is 1.69. The smallest absolute Gasteiger partial charge is 0.122 e. The number of nitrogens with two attached hydrogens (primary N) is 2. The molecule has 1 aliphatic rings. The third kappa shape index (κ3) is 1.70. The van der Waals surface area contributed by atoms with E-state index in [1.807, 2.05) is 12.1 Å². The Hall–Kier alpha value is -1.06. The fourth-order valence-electron chi connectivity index (χ4n) is 2.14. The molecule has 1 atom stereocenters. The van der Waals surface area contributed by atoms with Gasteiger partial charge in [0.15, 0.2) is 0 Å². The molecule has 0 radical (unpaired) electrons. The summed E-state index contributed by atoms with van der Waals surface area (Å²) >= 11 is 0. The van der Waals surface area contributed by atoms with Crippen LogP contribution in [0.25, 0.3) is 0 Å². The van der Waals surface area contributed by atoms with Gasteiger partial charge >= 0.3 is 0 Å². The number of methoxy groups -OCH3 is 1. The second-order valence-corrected chi connectivity index (χ2v) is 4.82. The molecule has 1 aliphatic carbocycles. The molecule has 0 amide bonds. The third-order valence-corrected chi connectivity index (χ3v) is 3.78. The van der Waals surface area contributed by atoms with Crippen molar-refractivity contribution in [3.05, 3.63) is 28.8 Å². The largest absolute Gasteiger partial charge is 0.496 e. The Morgan fingerprint density at radius 2 is 1.88 bits per heavy atom. The summed E-state index contributed by atoms with van der Waals surface area (Å²) in [5, 5.41) is 0. The molecule has 2 rings (SSSR count). The number of benzene rings is 1. The van der Waals surface area contributed by atoms with Crippen molar-refractivity contribution in [2.24, 2.45) is 11.5 Å². The molecule has 0 spiro atoms. The highest BCUT2D eigenvalue weighted by Gasteiger charge is 2.45. The predicted molar refractivity (Wildman–Crippen MR) is 65.5 cm³/mol. The highest BCUT2D eigenvalue weighted by molar-refractivity contribution is 5.46. The molecule has 1 aromatic carbocycles. The van der Waals surface area contributed by atoms with Gasteiger partial charge in [0.25, 0.3) is 0 Å². The van der Waals surface area contributed by atoms with Gasteiger partial charge in [0, 0.05) is 11.6 Å². The topological polar surface area (TPSA) is 61.3 Å². The first-order valence-electron chi connectivity index (χ1n) is 5.68. The molecule has 0 saturated heterocycles. The quantitative estimate of drug-likeness (QED) is 0.816. The average molecular weight is 220 g/mol. The Morgan fingerprint density at radius 3 is 2.38 bits per heavy atom. The molecule has 3 heteroatoms. The fraction of sp³-hybridized carbons (Fsp3) is 0.538. The molecule has 16 heavy (non-hydrogen) atoms. The van der Waals surface area contributed by atoms with Crippen LogP contribution in [0.1, 0.15) is 35.6 Å². The minimum absolute atomic E-state index is 0.0582. The van der Waals surface area contributed by atoms with Crippen molar-refractivity contribution in [3.8, 4) is 5.75 Å². The van der Waals surface area contributed by atoms with Crippen LogP contribution in [0.5, 0.6) is 5.75 Å². The lowest BCUT2D eigenvalue weighted by molar-refractivity contribution is 0.410. The first-order chi connectivity index (χ1) is 7.49. The molecule has 3 nitrogen and oxygen atoms in total. The van der Waals surface area contributed by atoms with E-state index in [0.29, 0.717) is 0 Å². The van der Waals surface area contributed by atoms with Gasteiger partial charge in [-0.15, -0.1) is 0 Å². The monoisotopic (exact) mass is 220 g/mol. The van der Waals surface area contributed by atoms with Crippen LogP contribution in [0.3, 0.4) is 0 Å². The standard InChI is InChI=1S/C13H20N2O/c1-8-9(2)11(16-3)5-4-10(8)12(14)13(15)6-7-13/h4-5,12H,6-7,14-15H2,1-3H3. The molecular formula is C13H20N2O. The van der Waals surface area contributed by atoms with Gasteiger partial charge in [-0.05, 0) is 49.4 Å². The van der Waals surface area contributed by atoms with Crippen molar-refractivity contribution in [2.75, 3.05) is 7.11 Å². The number of hydrogen-bond acceptors (Lipinski definition) is 3. The normalized spacial score (nSPS) is 19.3. The van der Waals surface area contributed by atoms with Gasteiger partial charge in [-0.2, -0.15) is 0 Å². The summed E-state index contributed by atoms with van der Waals surface area (Å²) < 4.78 is 5.29. The third-order valence-electron chi connectivity index (χ3n) is 3.78. The number of hydrogen-bond donors (Lipinski definition) is 2. The summed E-state index contributed by atoms with van der Waals surface area (Å²) in [6.07, 6.45) is 2.05. The minimum Gasteiger partial charge on any atom is -0.496 e. The predicted octanol–water partition coefficient (Wildman–Crippen LogP) is 1.80. The van der Waals surface area contributed by atoms with Gasteiger partial charge in [-0.3, -0.25) is 0 Å². The van der Waals surface area contributed by atoms with Gasteiger partial charge in [0.2, 0.25) is 0 Å². The van der Waals surface area contributed by atoms with Gasteiger partial charge in [-0.25, -0.2) is 0 Å². The zero-order valence-electron chi connectivity index (χ0n) is 10.2. The lowest BCUT2D eigenvalue weighted by atomic mass is 9.92. The zero-order valence-corrected chi connectivity index (χ0v) is 10.2. The van der Waals surface area contributed by atoms with Crippen molar-refractivity contribution in [1.82, 2.24) is 0 Å². The molecule has 0 bridgehead atoms. The lowest BCUT2D eigenvalue weighted by Gasteiger charge is -2.23. The van der Waals surface area contributed by atoms with E-state index < -0.39 is 0 Å². The number of rotatable bonds is 3. The molecule has 1 aromatic rings. The Balaban J connectivity index is 2.39. The Morgan fingerprint density at radius 1 is 1.25 bits per heavy atom. The Labute approximate surface area is 96.8 Å². The maximum absolute atomic E-state index is 6.23. The van der Waals surface area contributed by atoms with E-state index in [1.165, 1.54) is 5.56 Å². The minimum atomic E-state index is -0.175. The SMILES string of the molecule is COc1ccc(C(N)C2(N)CC2)c(C)c1C. The van der Waals surface area contributed by atoms with Crippen molar-refractivity contribution in [1.29, 1.82) is 0 Å². The second kappa shape index (κ2) is 3.75. The van der Waals surface area contributed by atoms with Crippen molar-refractivity contribution in [2.45, 2.75) is 38.3 Å². The summed E-state index contributed by atoms with van der Waals surface area (Å²) in [5.74, 6) is 0.912. The summed E-state index contributed by atoms with van der Waals surface area (Å²) in [6.45, 7) is 4.14. The van der Waals surface area contributed by atoms with Crippen LogP contribution in [0, 0.1) is 13.8 Å². The number of ether oxygens (including phenoxy) is 1. The highest BCUT2D eigenvalue weighted by Crippen LogP contribution is 2.43. The van der Waals surface area contributed by atoms with E-state index in [-0.39, 0.29) is 11.6 Å². The van der Waals surface area contributed by atoms with Crippen LogP contribution in [0.4, 0.5) is 0 Å². The molecule has 4 N–H and O–H groups in total. The van der Waals surface area contributed by atoms with E-state index >= 15 is 0 Å². The molecule has 1 unspecified atom stereocenters. The van der Waals surface area contributed by atoms with E-state index in [1.54, 1.807) is 7.11 Å². The van der Waals surface area contributed by atoms with E-state index in [4.69, 9.17) is 16.2 Å².